The molecule has 0 saturated heterocycles. The number of hydrogen-bond acceptors (Lipinski definition) is 3. The molecule has 0 spiro atoms. The number of aliphatic hydroxyl groups excluding tert-OH is 1. The van der Waals surface area contributed by atoms with E-state index in [1.165, 1.54) is 12.8 Å². The number of rotatable bonds is 9. The molecule has 0 radical (unpaired) electrons. The molecule has 0 atom stereocenters. The van der Waals surface area contributed by atoms with Crippen LogP contribution in [0, 0.1) is 0 Å². The Balaban J connectivity index is 2.73. The maximum atomic E-state index is 8.45. The highest BCUT2D eigenvalue weighted by Crippen LogP contribution is 1.98. The lowest BCUT2D eigenvalue weighted by molar-refractivity contribution is 0.112. The highest BCUT2D eigenvalue weighted by atomic mass is 16.5. The molecule has 3 N–H and O–H groups in total. The Labute approximate surface area is 74.9 Å². The third kappa shape index (κ3) is 9.88. The topological polar surface area (TPSA) is 55.5 Å². The number of nitrogens with two attached hydrogens (primary N) is 1. The van der Waals surface area contributed by atoms with Crippen molar-refractivity contribution in [3.05, 3.63) is 0 Å². The summed E-state index contributed by atoms with van der Waals surface area (Å²) in [5, 5.41) is 8.45. The van der Waals surface area contributed by atoms with Crippen molar-refractivity contribution in [2.75, 3.05) is 26.4 Å². The van der Waals surface area contributed by atoms with E-state index in [9.17, 15) is 0 Å². The fourth-order valence-corrected chi connectivity index (χ4v) is 0.971. The molecule has 74 valence electrons. The molecule has 0 bridgehead atoms. The largest absolute Gasteiger partial charge is 0.396 e. The monoisotopic (exact) mass is 175 g/mol. The van der Waals surface area contributed by atoms with Crippen LogP contribution < -0.4 is 5.73 Å². The van der Waals surface area contributed by atoms with Gasteiger partial charge in [-0.05, 0) is 25.8 Å². The van der Waals surface area contributed by atoms with E-state index < -0.39 is 0 Å². The number of hydrogen-bond donors (Lipinski definition) is 2. The third-order valence-electron chi connectivity index (χ3n) is 1.69. The molecule has 0 aromatic rings. The average Bonchev–Trinajstić information content (AvgIpc) is 2.10. The van der Waals surface area contributed by atoms with Crippen molar-refractivity contribution in [2.45, 2.75) is 32.1 Å². The van der Waals surface area contributed by atoms with Crippen molar-refractivity contribution in [3.8, 4) is 0 Å². The van der Waals surface area contributed by atoms with E-state index >= 15 is 0 Å². The van der Waals surface area contributed by atoms with Crippen molar-refractivity contribution >= 4 is 0 Å². The van der Waals surface area contributed by atoms with Crippen LogP contribution in [0.3, 0.4) is 0 Å². The first-order valence-corrected chi connectivity index (χ1v) is 4.80. The van der Waals surface area contributed by atoms with Gasteiger partial charge in [-0.25, -0.2) is 0 Å². The summed E-state index contributed by atoms with van der Waals surface area (Å²) < 4.78 is 5.26. The molecule has 0 unspecified atom stereocenters. The minimum absolute atomic E-state index is 0.229. The van der Waals surface area contributed by atoms with Crippen LogP contribution in [-0.2, 0) is 4.74 Å². The van der Waals surface area contributed by atoms with Crippen LogP contribution in [0.4, 0.5) is 0 Å². The SMILES string of the molecule is NCCCCCCOCCCO. The molecule has 0 amide bonds. The average molecular weight is 175 g/mol. The molecule has 3 heteroatoms. The highest BCUT2D eigenvalue weighted by Gasteiger charge is 1.89. The molecule has 0 aliphatic heterocycles. The Morgan fingerprint density at radius 1 is 0.917 bits per heavy atom. The van der Waals surface area contributed by atoms with Gasteiger partial charge in [0.2, 0.25) is 0 Å². The van der Waals surface area contributed by atoms with Gasteiger partial charge in [-0.3, -0.25) is 0 Å². The molecule has 3 nitrogen and oxygen atoms in total. The van der Waals surface area contributed by atoms with Gasteiger partial charge in [0.15, 0.2) is 0 Å². The molecular weight excluding hydrogens is 154 g/mol. The molecule has 0 fully saturated rings. The lowest BCUT2D eigenvalue weighted by Gasteiger charge is -2.02. The fraction of sp³-hybridized carbons (Fsp3) is 1.00. The maximum absolute atomic E-state index is 8.45. The van der Waals surface area contributed by atoms with Crippen molar-refractivity contribution in [2.24, 2.45) is 5.73 Å². The van der Waals surface area contributed by atoms with E-state index in [1.54, 1.807) is 0 Å². The van der Waals surface area contributed by atoms with Crippen LogP contribution in [0.1, 0.15) is 32.1 Å². The van der Waals surface area contributed by atoms with Gasteiger partial charge in [-0.15, -0.1) is 0 Å². The highest BCUT2D eigenvalue weighted by molar-refractivity contribution is 4.43. The molecule has 0 heterocycles. The summed E-state index contributed by atoms with van der Waals surface area (Å²) in [7, 11) is 0. The van der Waals surface area contributed by atoms with E-state index in [-0.39, 0.29) is 6.61 Å². The van der Waals surface area contributed by atoms with E-state index in [0.717, 1.165) is 32.4 Å². The Hall–Kier alpha value is -0.120. The Bertz CT molecular complexity index is 68.9. The lowest BCUT2D eigenvalue weighted by Crippen LogP contribution is -2.00. The van der Waals surface area contributed by atoms with Crippen LogP contribution in [0.15, 0.2) is 0 Å². The van der Waals surface area contributed by atoms with Crippen LogP contribution >= 0.6 is 0 Å². The second kappa shape index (κ2) is 10.9. The minimum Gasteiger partial charge on any atom is -0.396 e. The predicted octanol–water partition coefficient (Wildman–Crippen LogP) is 0.905. The quantitative estimate of drug-likeness (QED) is 0.512. The fourth-order valence-electron chi connectivity index (χ4n) is 0.971. The summed E-state index contributed by atoms with van der Waals surface area (Å²) in [5.41, 5.74) is 5.35. The van der Waals surface area contributed by atoms with E-state index in [2.05, 4.69) is 0 Å². The molecule has 12 heavy (non-hydrogen) atoms. The van der Waals surface area contributed by atoms with Crippen molar-refractivity contribution in [1.82, 2.24) is 0 Å². The molecule has 0 saturated carbocycles. The Morgan fingerprint density at radius 3 is 2.25 bits per heavy atom. The van der Waals surface area contributed by atoms with Crippen LogP contribution in [0.2, 0.25) is 0 Å². The second-order valence-corrected chi connectivity index (χ2v) is 2.89. The van der Waals surface area contributed by atoms with E-state index in [0.29, 0.717) is 6.61 Å². The lowest BCUT2D eigenvalue weighted by atomic mass is 10.2. The number of aliphatic hydroxyl groups is 1. The molecule has 0 aromatic heterocycles. The van der Waals surface area contributed by atoms with Gasteiger partial charge < -0.3 is 15.6 Å². The number of ether oxygens (including phenoxy) is 1. The van der Waals surface area contributed by atoms with Crippen LogP contribution in [0.5, 0.6) is 0 Å². The summed E-state index contributed by atoms with van der Waals surface area (Å²) >= 11 is 0. The van der Waals surface area contributed by atoms with Gasteiger partial charge in [-0.2, -0.15) is 0 Å². The van der Waals surface area contributed by atoms with E-state index in [4.69, 9.17) is 15.6 Å². The summed E-state index contributed by atoms with van der Waals surface area (Å²) in [4.78, 5) is 0. The molecule has 0 aliphatic carbocycles. The Morgan fingerprint density at radius 2 is 1.58 bits per heavy atom. The Kier molecular flexibility index (Phi) is 10.8. The third-order valence-corrected chi connectivity index (χ3v) is 1.69. The first kappa shape index (κ1) is 11.9. The maximum Gasteiger partial charge on any atom is 0.0487 e. The van der Waals surface area contributed by atoms with Crippen LogP contribution in [0.25, 0.3) is 0 Å². The van der Waals surface area contributed by atoms with Gasteiger partial charge >= 0.3 is 0 Å². The summed E-state index contributed by atoms with van der Waals surface area (Å²) in [6, 6.07) is 0. The van der Waals surface area contributed by atoms with Crippen molar-refractivity contribution in [3.63, 3.8) is 0 Å². The zero-order valence-corrected chi connectivity index (χ0v) is 7.80. The van der Waals surface area contributed by atoms with Gasteiger partial charge in [0.25, 0.3) is 0 Å². The zero-order valence-electron chi connectivity index (χ0n) is 7.80. The smallest absolute Gasteiger partial charge is 0.0487 e. The first-order chi connectivity index (χ1) is 5.91. The molecule has 0 aromatic carbocycles. The van der Waals surface area contributed by atoms with Crippen molar-refractivity contribution < 1.29 is 9.84 Å². The summed E-state index contributed by atoms with van der Waals surface area (Å²) in [6.07, 6.45) is 5.40. The standard InChI is InChI=1S/C9H21NO2/c10-6-3-1-2-4-8-12-9-5-7-11/h11H,1-10H2. The van der Waals surface area contributed by atoms with Gasteiger partial charge in [0.05, 0.1) is 0 Å². The predicted molar refractivity (Wildman–Crippen MR) is 50.0 cm³/mol. The van der Waals surface area contributed by atoms with Crippen molar-refractivity contribution in [1.29, 1.82) is 0 Å². The minimum atomic E-state index is 0.229. The zero-order chi connectivity index (χ0) is 9.07. The van der Waals surface area contributed by atoms with Crippen LogP contribution in [-0.4, -0.2) is 31.5 Å². The molecule has 0 rings (SSSR count). The van der Waals surface area contributed by atoms with Gasteiger partial charge in [0.1, 0.15) is 0 Å². The normalized spacial score (nSPS) is 10.5. The molecular formula is C9H21NO2. The van der Waals surface area contributed by atoms with E-state index in [1.807, 2.05) is 0 Å². The van der Waals surface area contributed by atoms with Gasteiger partial charge in [0, 0.05) is 19.8 Å². The van der Waals surface area contributed by atoms with Gasteiger partial charge in [-0.1, -0.05) is 12.8 Å². The second-order valence-electron chi connectivity index (χ2n) is 2.89. The molecule has 0 aliphatic rings. The first-order valence-electron chi connectivity index (χ1n) is 4.80. The summed E-state index contributed by atoms with van der Waals surface area (Å²) in [6.45, 7) is 2.54. The number of unbranched alkanes of at least 4 members (excludes halogenated alkanes) is 3. The summed E-state index contributed by atoms with van der Waals surface area (Å²) in [5.74, 6) is 0.